The summed E-state index contributed by atoms with van der Waals surface area (Å²) in [6.45, 7) is 4.30. The molecule has 1 aliphatic heterocycles. The standard InChI is InChI=1S/C9H19N3O4S/c1-3-16-9(13)11-17(14,15)12-5-4-8(6-12)7(2)10/h7-8H,3-6,10H2,1-2H3,(H,11,13). The van der Waals surface area contributed by atoms with Gasteiger partial charge >= 0.3 is 16.3 Å². The van der Waals surface area contributed by atoms with Crippen molar-refractivity contribution >= 4 is 16.3 Å². The van der Waals surface area contributed by atoms with Gasteiger partial charge in [0, 0.05) is 19.1 Å². The number of rotatable bonds is 4. The number of ether oxygens (including phenoxy) is 1. The molecular weight excluding hydrogens is 246 g/mol. The predicted molar refractivity (Wildman–Crippen MR) is 62.4 cm³/mol. The Morgan fingerprint density at radius 2 is 2.29 bits per heavy atom. The number of hydrogen-bond donors (Lipinski definition) is 2. The van der Waals surface area contributed by atoms with Gasteiger partial charge in [-0.2, -0.15) is 12.7 Å². The van der Waals surface area contributed by atoms with Crippen LogP contribution in [0.4, 0.5) is 4.79 Å². The summed E-state index contributed by atoms with van der Waals surface area (Å²) < 4.78 is 31.1. The van der Waals surface area contributed by atoms with E-state index in [1.165, 1.54) is 4.31 Å². The predicted octanol–water partition coefficient (Wildman–Crippen LogP) is -0.354. The number of carbonyl (C=O) groups excluding carboxylic acids is 1. The quantitative estimate of drug-likeness (QED) is 0.723. The molecule has 0 bridgehead atoms. The lowest BCUT2D eigenvalue weighted by atomic mass is 10.0. The monoisotopic (exact) mass is 265 g/mol. The van der Waals surface area contributed by atoms with Gasteiger partial charge in [0.25, 0.3) is 0 Å². The fourth-order valence-corrected chi connectivity index (χ4v) is 2.86. The lowest BCUT2D eigenvalue weighted by Gasteiger charge is -2.17. The second-order valence-corrected chi connectivity index (χ2v) is 5.76. The maximum Gasteiger partial charge on any atom is 0.421 e. The molecule has 2 atom stereocenters. The van der Waals surface area contributed by atoms with Gasteiger partial charge < -0.3 is 10.5 Å². The summed E-state index contributed by atoms with van der Waals surface area (Å²) >= 11 is 0. The van der Waals surface area contributed by atoms with Crippen LogP contribution in [-0.2, 0) is 14.9 Å². The highest BCUT2D eigenvalue weighted by molar-refractivity contribution is 7.87. The smallest absolute Gasteiger partial charge is 0.421 e. The van der Waals surface area contributed by atoms with Crippen molar-refractivity contribution in [1.29, 1.82) is 0 Å². The van der Waals surface area contributed by atoms with Crippen LogP contribution in [0.5, 0.6) is 0 Å². The number of amides is 1. The molecule has 7 nitrogen and oxygen atoms in total. The number of nitrogens with zero attached hydrogens (tertiary/aromatic N) is 1. The SMILES string of the molecule is CCOC(=O)NS(=O)(=O)N1CCC(C(C)N)C1. The first kappa shape index (κ1) is 14.2. The number of carbonyl (C=O) groups is 1. The van der Waals surface area contributed by atoms with Gasteiger partial charge in [0.2, 0.25) is 0 Å². The van der Waals surface area contributed by atoms with E-state index in [0.717, 1.165) is 0 Å². The Balaban J connectivity index is 2.58. The van der Waals surface area contributed by atoms with E-state index in [2.05, 4.69) is 4.74 Å². The van der Waals surface area contributed by atoms with Gasteiger partial charge in [0.1, 0.15) is 0 Å². The Bertz CT molecular complexity index is 368. The van der Waals surface area contributed by atoms with E-state index >= 15 is 0 Å². The van der Waals surface area contributed by atoms with Crippen LogP contribution in [0.2, 0.25) is 0 Å². The van der Waals surface area contributed by atoms with E-state index < -0.39 is 16.3 Å². The Kier molecular flexibility index (Phi) is 4.72. The molecule has 0 aliphatic carbocycles. The van der Waals surface area contributed by atoms with Gasteiger partial charge in [-0.05, 0) is 26.2 Å². The van der Waals surface area contributed by atoms with Crippen molar-refractivity contribution in [1.82, 2.24) is 9.03 Å². The first-order valence-electron chi connectivity index (χ1n) is 5.57. The summed E-state index contributed by atoms with van der Waals surface area (Å²) in [5, 5.41) is 0. The van der Waals surface area contributed by atoms with Crippen molar-refractivity contribution in [2.45, 2.75) is 26.3 Å². The third kappa shape index (κ3) is 3.83. The number of nitrogens with two attached hydrogens (primary N) is 1. The minimum atomic E-state index is -3.79. The minimum Gasteiger partial charge on any atom is -0.449 e. The molecule has 1 rings (SSSR count). The van der Waals surface area contributed by atoms with E-state index in [4.69, 9.17) is 5.73 Å². The van der Waals surface area contributed by atoms with Crippen LogP contribution in [0, 0.1) is 5.92 Å². The van der Waals surface area contributed by atoms with Crippen LogP contribution in [0.3, 0.4) is 0 Å². The highest BCUT2D eigenvalue weighted by atomic mass is 32.2. The zero-order valence-corrected chi connectivity index (χ0v) is 10.9. The highest BCUT2D eigenvalue weighted by Gasteiger charge is 2.34. The third-order valence-electron chi connectivity index (χ3n) is 2.76. The van der Waals surface area contributed by atoms with Crippen LogP contribution in [0.15, 0.2) is 0 Å². The van der Waals surface area contributed by atoms with Gasteiger partial charge in [0.15, 0.2) is 0 Å². The van der Waals surface area contributed by atoms with Gasteiger partial charge in [-0.25, -0.2) is 9.52 Å². The summed E-state index contributed by atoms with van der Waals surface area (Å²) in [6.07, 6.45) is -0.238. The molecule has 100 valence electrons. The molecule has 1 aliphatic rings. The average molecular weight is 265 g/mol. The third-order valence-corrected chi connectivity index (χ3v) is 4.19. The van der Waals surface area contributed by atoms with Crippen LogP contribution in [0.1, 0.15) is 20.3 Å². The molecule has 0 spiro atoms. The molecule has 1 saturated heterocycles. The van der Waals surface area contributed by atoms with Crippen molar-refractivity contribution in [3.05, 3.63) is 0 Å². The first-order valence-corrected chi connectivity index (χ1v) is 7.01. The topological polar surface area (TPSA) is 102 Å². The van der Waals surface area contributed by atoms with Crippen molar-refractivity contribution in [2.75, 3.05) is 19.7 Å². The molecule has 1 heterocycles. The van der Waals surface area contributed by atoms with Crippen molar-refractivity contribution in [3.8, 4) is 0 Å². The Morgan fingerprint density at radius 1 is 1.65 bits per heavy atom. The van der Waals surface area contributed by atoms with Crippen LogP contribution in [0.25, 0.3) is 0 Å². The molecule has 0 radical (unpaired) electrons. The molecule has 1 amide bonds. The molecule has 0 aromatic rings. The van der Waals surface area contributed by atoms with Crippen molar-refractivity contribution in [3.63, 3.8) is 0 Å². The van der Waals surface area contributed by atoms with Crippen molar-refractivity contribution in [2.24, 2.45) is 11.7 Å². The summed E-state index contributed by atoms with van der Waals surface area (Å²) in [6, 6.07) is -0.0576. The van der Waals surface area contributed by atoms with Crippen LogP contribution < -0.4 is 10.5 Å². The Hall–Kier alpha value is -0.860. The van der Waals surface area contributed by atoms with Gasteiger partial charge in [-0.15, -0.1) is 0 Å². The van der Waals surface area contributed by atoms with Gasteiger partial charge in [0.05, 0.1) is 6.61 Å². The van der Waals surface area contributed by atoms with Crippen molar-refractivity contribution < 1.29 is 17.9 Å². The minimum absolute atomic E-state index is 0.0576. The second kappa shape index (κ2) is 5.65. The summed E-state index contributed by atoms with van der Waals surface area (Å²) in [4.78, 5) is 11.1. The molecule has 1 fully saturated rings. The van der Waals surface area contributed by atoms with E-state index in [1.807, 2.05) is 11.6 Å². The first-order chi connectivity index (χ1) is 7.86. The zero-order valence-electron chi connectivity index (χ0n) is 10.0. The van der Waals surface area contributed by atoms with Gasteiger partial charge in [-0.1, -0.05) is 0 Å². The van der Waals surface area contributed by atoms with E-state index in [9.17, 15) is 13.2 Å². The molecule has 0 aromatic heterocycles. The molecular formula is C9H19N3O4S. The summed E-state index contributed by atoms with van der Waals surface area (Å²) in [5.41, 5.74) is 5.72. The molecule has 17 heavy (non-hydrogen) atoms. The maximum atomic E-state index is 11.8. The van der Waals surface area contributed by atoms with Crippen LogP contribution >= 0.6 is 0 Å². The highest BCUT2D eigenvalue weighted by Crippen LogP contribution is 2.20. The maximum absolute atomic E-state index is 11.8. The molecule has 0 aromatic carbocycles. The Morgan fingerprint density at radius 3 is 2.76 bits per heavy atom. The summed E-state index contributed by atoms with van der Waals surface area (Å²) in [5.74, 6) is 0.133. The van der Waals surface area contributed by atoms with E-state index in [0.29, 0.717) is 19.5 Å². The molecule has 0 saturated carbocycles. The lowest BCUT2D eigenvalue weighted by Crippen LogP contribution is -2.43. The number of nitrogens with one attached hydrogen (secondary N) is 1. The normalized spacial score (nSPS) is 23.4. The second-order valence-electron chi connectivity index (χ2n) is 4.09. The Labute approximate surface area is 101 Å². The van der Waals surface area contributed by atoms with Crippen LogP contribution in [-0.4, -0.2) is 44.6 Å². The fraction of sp³-hybridized carbons (Fsp3) is 0.889. The average Bonchev–Trinajstić information content (AvgIpc) is 2.65. The zero-order chi connectivity index (χ0) is 13.1. The van der Waals surface area contributed by atoms with Gasteiger partial charge in [-0.3, -0.25) is 0 Å². The number of hydrogen-bond acceptors (Lipinski definition) is 5. The molecule has 2 unspecified atom stereocenters. The van der Waals surface area contributed by atoms with E-state index in [-0.39, 0.29) is 18.6 Å². The lowest BCUT2D eigenvalue weighted by molar-refractivity contribution is 0.158. The fourth-order valence-electron chi connectivity index (χ4n) is 1.73. The van der Waals surface area contributed by atoms with E-state index in [1.54, 1.807) is 6.92 Å². The molecule has 8 heteroatoms. The molecule has 3 N–H and O–H groups in total. The largest absolute Gasteiger partial charge is 0.449 e. The summed E-state index contributed by atoms with van der Waals surface area (Å²) in [7, 11) is -3.79.